The number of carbonyl (C=O) groups excluding carboxylic acids is 1. The lowest BCUT2D eigenvalue weighted by atomic mass is 9.94. The Morgan fingerprint density at radius 1 is 0.892 bits per heavy atom. The summed E-state index contributed by atoms with van der Waals surface area (Å²) in [7, 11) is 6.47. The number of nitrogens with zero attached hydrogens (tertiary/aromatic N) is 2. The van der Waals surface area contributed by atoms with Crippen LogP contribution in [0.4, 0.5) is 0 Å². The van der Waals surface area contributed by atoms with E-state index < -0.39 is 0 Å². The first-order chi connectivity index (χ1) is 17.6. The van der Waals surface area contributed by atoms with Gasteiger partial charge in [0.1, 0.15) is 5.75 Å². The van der Waals surface area contributed by atoms with Gasteiger partial charge in [-0.3, -0.25) is 4.79 Å². The highest BCUT2D eigenvalue weighted by atomic mass is 35.5. The fourth-order valence-corrected chi connectivity index (χ4v) is 5.23. The number of carbonyl (C=O) groups is 1. The van der Waals surface area contributed by atoms with Gasteiger partial charge in [0.15, 0.2) is 23.0 Å². The van der Waals surface area contributed by atoms with Gasteiger partial charge in [0.05, 0.1) is 35.0 Å². The summed E-state index contributed by atoms with van der Waals surface area (Å²) in [6.07, 6.45) is 4.09. The number of halogens is 1. The minimum atomic E-state index is 0. The molecule has 0 bridgehead atoms. The van der Waals surface area contributed by atoms with Crippen LogP contribution in [-0.4, -0.2) is 83.5 Å². The molecule has 1 fully saturated rings. The van der Waals surface area contributed by atoms with Gasteiger partial charge in [0.2, 0.25) is 0 Å². The van der Waals surface area contributed by atoms with Crippen LogP contribution in [0.5, 0.6) is 28.7 Å². The van der Waals surface area contributed by atoms with E-state index in [4.69, 9.17) is 23.7 Å². The lowest BCUT2D eigenvalue weighted by molar-refractivity contribution is 0.0658. The van der Waals surface area contributed by atoms with Crippen molar-refractivity contribution in [1.29, 1.82) is 0 Å². The van der Waals surface area contributed by atoms with E-state index in [0.717, 1.165) is 75.3 Å². The fraction of sp³-hybridized carbons (Fsp3) is 0.536. The molecule has 1 amide bonds. The zero-order valence-corrected chi connectivity index (χ0v) is 23.1. The van der Waals surface area contributed by atoms with Gasteiger partial charge in [-0.05, 0) is 68.0 Å². The zero-order chi connectivity index (χ0) is 25.5. The highest BCUT2D eigenvalue weighted by molar-refractivity contribution is 5.97. The van der Waals surface area contributed by atoms with Crippen molar-refractivity contribution in [3.05, 3.63) is 41.5 Å². The smallest absolute Gasteiger partial charge is 0.254 e. The molecule has 0 aliphatic carbocycles. The van der Waals surface area contributed by atoms with E-state index in [1.54, 1.807) is 28.4 Å². The number of amides is 1. The molecule has 4 rings (SSSR count). The second-order valence-corrected chi connectivity index (χ2v) is 9.39. The molecule has 1 saturated heterocycles. The van der Waals surface area contributed by atoms with Crippen molar-refractivity contribution in [1.82, 2.24) is 9.80 Å². The first kappa shape index (κ1) is 28.7. The summed E-state index contributed by atoms with van der Waals surface area (Å²) in [6, 6.07) is 9.38. The third-order valence-corrected chi connectivity index (χ3v) is 7.10. The van der Waals surface area contributed by atoms with Gasteiger partial charge in [-0.1, -0.05) is 0 Å². The second kappa shape index (κ2) is 13.6. The van der Waals surface area contributed by atoms with E-state index in [0.29, 0.717) is 35.5 Å². The van der Waals surface area contributed by atoms with E-state index in [1.165, 1.54) is 0 Å². The number of benzene rings is 2. The number of piperidine rings is 1. The summed E-state index contributed by atoms with van der Waals surface area (Å²) in [4.78, 5) is 17.8. The van der Waals surface area contributed by atoms with Crippen LogP contribution < -0.4 is 23.7 Å². The third-order valence-electron chi connectivity index (χ3n) is 7.10. The van der Waals surface area contributed by atoms with Crippen molar-refractivity contribution in [2.45, 2.75) is 25.7 Å². The molecule has 0 saturated carbocycles. The molecule has 1 atom stereocenters. The Morgan fingerprint density at radius 3 is 2.32 bits per heavy atom. The minimum absolute atomic E-state index is 0. The topological polar surface area (TPSA) is 69.7 Å². The second-order valence-electron chi connectivity index (χ2n) is 9.39. The highest BCUT2D eigenvalue weighted by Gasteiger charge is 2.30. The number of methoxy groups -OCH3 is 4. The minimum Gasteiger partial charge on any atom is -0.493 e. The largest absolute Gasteiger partial charge is 0.493 e. The Kier molecular flexibility index (Phi) is 10.6. The summed E-state index contributed by atoms with van der Waals surface area (Å²) >= 11 is 0. The molecule has 9 heteroatoms. The zero-order valence-electron chi connectivity index (χ0n) is 22.3. The number of fused-ring (bicyclic) bond motifs is 1. The van der Waals surface area contributed by atoms with E-state index >= 15 is 0 Å². The quantitative estimate of drug-likeness (QED) is 0.398. The van der Waals surface area contributed by atoms with Crippen molar-refractivity contribution >= 4 is 18.3 Å². The van der Waals surface area contributed by atoms with Gasteiger partial charge >= 0.3 is 0 Å². The molecule has 8 nitrogen and oxygen atoms in total. The molecule has 37 heavy (non-hydrogen) atoms. The number of likely N-dealkylation sites (tertiary alicyclic amines) is 1. The normalized spacial score (nSPS) is 17.5. The summed E-state index contributed by atoms with van der Waals surface area (Å²) in [5.74, 6) is 4.00. The van der Waals surface area contributed by atoms with Crippen LogP contribution in [0.1, 0.15) is 35.2 Å². The standard InChI is InChI=1S/C28H38N2O6.ClH/c1-32-24-9-8-22(16-26(24)34-3)36-14-6-12-29-11-5-7-20(18-29)19-30-13-10-21-15-25(33-2)27(35-4)17-23(21)28(30)31;/h8-9,15-17,20H,5-7,10-14,18-19H2,1-4H3;1H. The van der Waals surface area contributed by atoms with Crippen molar-refractivity contribution in [2.75, 3.05) is 67.8 Å². The monoisotopic (exact) mass is 534 g/mol. The number of hydrogen-bond donors (Lipinski definition) is 0. The van der Waals surface area contributed by atoms with Gasteiger partial charge in [-0.2, -0.15) is 0 Å². The van der Waals surface area contributed by atoms with Gasteiger partial charge < -0.3 is 33.5 Å². The van der Waals surface area contributed by atoms with Crippen LogP contribution in [0.2, 0.25) is 0 Å². The fourth-order valence-electron chi connectivity index (χ4n) is 5.23. The van der Waals surface area contributed by atoms with E-state index in [-0.39, 0.29) is 18.3 Å². The Hall–Kier alpha value is -2.84. The Morgan fingerprint density at radius 2 is 1.59 bits per heavy atom. The van der Waals surface area contributed by atoms with Crippen LogP contribution in [0.3, 0.4) is 0 Å². The average Bonchev–Trinajstić information content (AvgIpc) is 2.92. The van der Waals surface area contributed by atoms with Gasteiger partial charge in [0, 0.05) is 37.8 Å². The number of rotatable bonds is 11. The van der Waals surface area contributed by atoms with Gasteiger partial charge in [0.25, 0.3) is 5.91 Å². The lowest BCUT2D eigenvalue weighted by Gasteiger charge is -2.37. The van der Waals surface area contributed by atoms with Crippen molar-refractivity contribution in [3.63, 3.8) is 0 Å². The molecule has 2 aromatic carbocycles. The first-order valence-electron chi connectivity index (χ1n) is 12.7. The summed E-state index contributed by atoms with van der Waals surface area (Å²) in [5.41, 5.74) is 1.77. The molecule has 204 valence electrons. The molecule has 2 aromatic rings. The first-order valence-corrected chi connectivity index (χ1v) is 12.7. The van der Waals surface area contributed by atoms with Crippen molar-refractivity contribution in [2.24, 2.45) is 5.92 Å². The van der Waals surface area contributed by atoms with Crippen molar-refractivity contribution in [3.8, 4) is 28.7 Å². The SMILES string of the molecule is COc1ccc(OCCCN2CCCC(CN3CCc4cc(OC)c(OC)cc4C3=O)C2)cc1OC.Cl. The summed E-state index contributed by atoms with van der Waals surface area (Å²) in [5, 5.41) is 0. The van der Waals surface area contributed by atoms with E-state index in [9.17, 15) is 4.79 Å². The number of hydrogen-bond acceptors (Lipinski definition) is 7. The average molecular weight is 535 g/mol. The van der Waals surface area contributed by atoms with E-state index in [1.807, 2.05) is 35.2 Å². The molecule has 2 aliphatic rings. The van der Waals surface area contributed by atoms with E-state index in [2.05, 4.69) is 4.90 Å². The molecule has 2 heterocycles. The predicted octanol–water partition coefficient (Wildman–Crippen LogP) is 4.32. The molecule has 0 radical (unpaired) electrons. The van der Waals surface area contributed by atoms with Crippen LogP contribution in [0.15, 0.2) is 30.3 Å². The molecule has 0 spiro atoms. The van der Waals surface area contributed by atoms with Gasteiger partial charge in [-0.25, -0.2) is 0 Å². The van der Waals surface area contributed by atoms with Crippen LogP contribution in [0.25, 0.3) is 0 Å². The molecule has 2 aliphatic heterocycles. The summed E-state index contributed by atoms with van der Waals surface area (Å²) in [6.45, 7) is 5.28. The molecule has 0 N–H and O–H groups in total. The highest BCUT2D eigenvalue weighted by Crippen LogP contribution is 2.34. The maximum Gasteiger partial charge on any atom is 0.254 e. The summed E-state index contributed by atoms with van der Waals surface area (Å²) < 4.78 is 27.4. The number of ether oxygens (including phenoxy) is 5. The third kappa shape index (κ3) is 6.93. The Labute approximate surface area is 226 Å². The van der Waals surface area contributed by atoms with Crippen LogP contribution in [0, 0.1) is 5.92 Å². The Bertz CT molecular complexity index is 1050. The molecular weight excluding hydrogens is 496 g/mol. The molecule has 1 unspecified atom stereocenters. The maximum atomic E-state index is 13.3. The predicted molar refractivity (Wildman–Crippen MR) is 145 cm³/mol. The Balaban J connectivity index is 0.00000380. The van der Waals surface area contributed by atoms with Crippen molar-refractivity contribution < 1.29 is 28.5 Å². The van der Waals surface area contributed by atoms with Crippen LogP contribution >= 0.6 is 12.4 Å². The van der Waals surface area contributed by atoms with Crippen LogP contribution in [-0.2, 0) is 6.42 Å². The molecular formula is C28H39ClN2O6. The lowest BCUT2D eigenvalue weighted by Crippen LogP contribution is -2.45. The van der Waals surface area contributed by atoms with Gasteiger partial charge in [-0.15, -0.1) is 12.4 Å². The molecule has 0 aromatic heterocycles. The maximum absolute atomic E-state index is 13.3.